The highest BCUT2D eigenvalue weighted by atomic mass is 35.5. The fraction of sp³-hybridized carbons (Fsp3) is 0.250. The molecule has 0 aliphatic heterocycles. The maximum atomic E-state index is 12.0. The smallest absolute Gasteiger partial charge is 0.251 e. The molecule has 2 rings (SSSR count). The molecule has 0 bridgehead atoms. The first kappa shape index (κ1) is 15.3. The van der Waals surface area contributed by atoms with E-state index in [0.717, 1.165) is 11.1 Å². The molecular weight excluding hydrogens is 288 g/mol. The van der Waals surface area contributed by atoms with Crippen LogP contribution < -0.4 is 5.32 Å². The number of carbonyl (C=O) groups excluding carboxylic acids is 1. The van der Waals surface area contributed by atoms with Crippen molar-refractivity contribution in [1.82, 2.24) is 10.3 Å². The molecule has 1 amide bonds. The fourth-order valence-corrected chi connectivity index (χ4v) is 2.17. The molecule has 0 atom stereocenters. The molecule has 5 heteroatoms. The highest BCUT2D eigenvalue weighted by molar-refractivity contribution is 6.32. The summed E-state index contributed by atoms with van der Waals surface area (Å²) in [7, 11) is 0. The molecule has 0 aliphatic carbocycles. The van der Waals surface area contributed by atoms with E-state index in [1.807, 2.05) is 20.8 Å². The lowest BCUT2D eigenvalue weighted by Crippen LogP contribution is -2.30. The van der Waals surface area contributed by atoms with E-state index in [4.69, 9.17) is 11.6 Å². The normalized spacial score (nSPS) is 10.7. The Morgan fingerprint density at radius 1 is 1.33 bits per heavy atom. The summed E-state index contributed by atoms with van der Waals surface area (Å²) >= 11 is 5.95. The van der Waals surface area contributed by atoms with E-state index in [1.165, 1.54) is 0 Å². The minimum atomic E-state index is -0.142. The summed E-state index contributed by atoms with van der Waals surface area (Å²) in [5, 5.41) is 12.7. The number of carbonyl (C=O) groups is 1. The predicted octanol–water partition coefficient (Wildman–Crippen LogP) is 3.55. The average Bonchev–Trinajstić information content (AvgIpc) is 2.42. The van der Waals surface area contributed by atoms with Gasteiger partial charge in [0.05, 0.1) is 10.7 Å². The molecule has 0 saturated carbocycles. The summed E-state index contributed by atoms with van der Waals surface area (Å²) in [6.07, 6.45) is 1.59. The first-order chi connectivity index (χ1) is 9.88. The van der Waals surface area contributed by atoms with Crippen molar-refractivity contribution in [3.05, 3.63) is 46.6 Å². The van der Waals surface area contributed by atoms with E-state index in [0.29, 0.717) is 11.3 Å². The van der Waals surface area contributed by atoms with Crippen molar-refractivity contribution in [2.24, 2.45) is 0 Å². The van der Waals surface area contributed by atoms with Crippen LogP contribution in [0.2, 0.25) is 5.02 Å². The van der Waals surface area contributed by atoms with Gasteiger partial charge in [-0.15, -0.1) is 0 Å². The lowest BCUT2D eigenvalue weighted by Gasteiger charge is -2.11. The quantitative estimate of drug-likeness (QED) is 0.911. The van der Waals surface area contributed by atoms with Crippen LogP contribution in [0.25, 0.3) is 11.3 Å². The van der Waals surface area contributed by atoms with Crippen LogP contribution in [0.3, 0.4) is 0 Å². The third-order valence-corrected chi connectivity index (χ3v) is 3.31. The second kappa shape index (κ2) is 6.14. The summed E-state index contributed by atoms with van der Waals surface area (Å²) in [5.41, 5.74) is 2.81. The lowest BCUT2D eigenvalue weighted by molar-refractivity contribution is 0.0943. The van der Waals surface area contributed by atoms with Crippen LogP contribution >= 0.6 is 11.6 Å². The number of aryl methyl sites for hydroxylation is 1. The van der Waals surface area contributed by atoms with E-state index < -0.39 is 0 Å². The SMILES string of the molecule is Cc1cc(O)c(Cl)cc1-c1cc(C(=O)NC(C)C)ccn1. The third-order valence-electron chi connectivity index (χ3n) is 3.01. The van der Waals surface area contributed by atoms with Crippen LogP contribution in [0.5, 0.6) is 5.75 Å². The Morgan fingerprint density at radius 2 is 2.05 bits per heavy atom. The van der Waals surface area contributed by atoms with Crippen molar-refractivity contribution in [3.8, 4) is 17.0 Å². The van der Waals surface area contributed by atoms with Crippen LogP contribution in [-0.4, -0.2) is 22.0 Å². The van der Waals surface area contributed by atoms with Crippen LogP contribution in [0.15, 0.2) is 30.5 Å². The van der Waals surface area contributed by atoms with Gasteiger partial charge in [0.1, 0.15) is 5.75 Å². The van der Waals surface area contributed by atoms with E-state index in [2.05, 4.69) is 10.3 Å². The Kier molecular flexibility index (Phi) is 4.48. The summed E-state index contributed by atoms with van der Waals surface area (Å²) < 4.78 is 0. The second-order valence-electron chi connectivity index (χ2n) is 5.18. The minimum absolute atomic E-state index is 0.0339. The van der Waals surface area contributed by atoms with Crippen molar-refractivity contribution in [2.45, 2.75) is 26.8 Å². The monoisotopic (exact) mass is 304 g/mol. The van der Waals surface area contributed by atoms with E-state index in [-0.39, 0.29) is 22.7 Å². The number of aromatic nitrogens is 1. The van der Waals surface area contributed by atoms with Gasteiger partial charge < -0.3 is 10.4 Å². The Balaban J connectivity index is 2.42. The molecule has 0 unspecified atom stereocenters. The molecule has 1 heterocycles. The van der Waals surface area contributed by atoms with Gasteiger partial charge in [0.15, 0.2) is 0 Å². The number of hydrogen-bond donors (Lipinski definition) is 2. The molecule has 110 valence electrons. The highest BCUT2D eigenvalue weighted by Gasteiger charge is 2.12. The van der Waals surface area contributed by atoms with Crippen LogP contribution in [0, 0.1) is 6.92 Å². The molecule has 0 radical (unpaired) electrons. The van der Waals surface area contributed by atoms with Crippen LogP contribution in [-0.2, 0) is 0 Å². The summed E-state index contributed by atoms with van der Waals surface area (Å²) in [6, 6.07) is 6.68. The Bertz CT molecular complexity index is 684. The Hall–Kier alpha value is -2.07. The largest absolute Gasteiger partial charge is 0.506 e. The molecule has 1 aromatic carbocycles. The molecule has 2 N–H and O–H groups in total. The van der Waals surface area contributed by atoms with Gasteiger partial charge in [-0.25, -0.2) is 0 Å². The third kappa shape index (κ3) is 3.52. The van der Waals surface area contributed by atoms with E-state index in [1.54, 1.807) is 30.5 Å². The van der Waals surface area contributed by atoms with Crippen molar-refractivity contribution in [2.75, 3.05) is 0 Å². The second-order valence-corrected chi connectivity index (χ2v) is 5.58. The maximum absolute atomic E-state index is 12.0. The summed E-state index contributed by atoms with van der Waals surface area (Å²) in [5.74, 6) is -0.109. The van der Waals surface area contributed by atoms with Crippen molar-refractivity contribution >= 4 is 17.5 Å². The highest BCUT2D eigenvalue weighted by Crippen LogP contribution is 2.32. The van der Waals surface area contributed by atoms with Gasteiger partial charge in [0.2, 0.25) is 0 Å². The predicted molar refractivity (Wildman–Crippen MR) is 83.7 cm³/mol. The first-order valence-corrected chi connectivity index (χ1v) is 7.02. The zero-order valence-electron chi connectivity index (χ0n) is 12.1. The molecule has 2 aromatic rings. The zero-order chi connectivity index (χ0) is 15.6. The number of nitrogens with one attached hydrogen (secondary N) is 1. The molecule has 0 saturated heterocycles. The zero-order valence-corrected chi connectivity index (χ0v) is 12.9. The number of pyridine rings is 1. The lowest BCUT2D eigenvalue weighted by atomic mass is 10.0. The first-order valence-electron chi connectivity index (χ1n) is 6.65. The van der Waals surface area contributed by atoms with Gasteiger partial charge in [-0.2, -0.15) is 0 Å². The van der Waals surface area contributed by atoms with Crippen LogP contribution in [0.1, 0.15) is 29.8 Å². The molecule has 0 fully saturated rings. The number of nitrogens with zero attached hydrogens (tertiary/aromatic N) is 1. The average molecular weight is 305 g/mol. The van der Waals surface area contributed by atoms with Gasteiger partial charge in [0, 0.05) is 23.4 Å². The van der Waals surface area contributed by atoms with Gasteiger partial charge >= 0.3 is 0 Å². The Morgan fingerprint density at radius 3 is 2.71 bits per heavy atom. The van der Waals surface area contributed by atoms with Gasteiger partial charge in [-0.05, 0) is 50.6 Å². The number of phenols is 1. The molecular formula is C16H17ClN2O2. The maximum Gasteiger partial charge on any atom is 0.251 e. The Labute approximate surface area is 128 Å². The van der Waals surface area contributed by atoms with E-state index >= 15 is 0 Å². The van der Waals surface area contributed by atoms with Crippen molar-refractivity contribution in [1.29, 1.82) is 0 Å². The summed E-state index contributed by atoms with van der Waals surface area (Å²) in [6.45, 7) is 5.67. The number of rotatable bonds is 3. The number of hydrogen-bond acceptors (Lipinski definition) is 3. The minimum Gasteiger partial charge on any atom is -0.506 e. The topological polar surface area (TPSA) is 62.2 Å². The van der Waals surface area contributed by atoms with Crippen LogP contribution in [0.4, 0.5) is 0 Å². The molecule has 1 aromatic heterocycles. The van der Waals surface area contributed by atoms with Crippen molar-refractivity contribution in [3.63, 3.8) is 0 Å². The summed E-state index contributed by atoms with van der Waals surface area (Å²) in [4.78, 5) is 16.3. The number of amides is 1. The standard InChI is InChI=1S/C16H17ClN2O2/c1-9(2)19-16(21)11-4-5-18-14(7-11)12-8-13(17)15(20)6-10(12)3/h4-9,20H,1-3H3,(H,19,21). The molecule has 4 nitrogen and oxygen atoms in total. The van der Waals surface area contributed by atoms with Gasteiger partial charge in [0.25, 0.3) is 5.91 Å². The van der Waals surface area contributed by atoms with Crippen molar-refractivity contribution < 1.29 is 9.90 Å². The molecule has 21 heavy (non-hydrogen) atoms. The molecule has 0 aliphatic rings. The van der Waals surface area contributed by atoms with Gasteiger partial charge in [-0.3, -0.25) is 9.78 Å². The fourth-order valence-electron chi connectivity index (χ4n) is 2.01. The number of phenolic OH excluding ortho intramolecular Hbond substituents is 1. The molecule has 0 spiro atoms. The number of halogens is 1. The number of aromatic hydroxyl groups is 1. The number of benzene rings is 1. The van der Waals surface area contributed by atoms with E-state index in [9.17, 15) is 9.90 Å². The van der Waals surface area contributed by atoms with Gasteiger partial charge in [-0.1, -0.05) is 11.6 Å².